The number of hydrogen-bond acceptors (Lipinski definition) is 4. The van der Waals surface area contributed by atoms with Gasteiger partial charge >= 0.3 is 0 Å². The van der Waals surface area contributed by atoms with Crippen LogP contribution in [0.15, 0.2) is 18.5 Å². The van der Waals surface area contributed by atoms with Crippen LogP contribution in [0.2, 0.25) is 0 Å². The van der Waals surface area contributed by atoms with Gasteiger partial charge in [-0.05, 0) is 6.92 Å². The van der Waals surface area contributed by atoms with Crippen molar-refractivity contribution in [2.75, 3.05) is 7.11 Å². The van der Waals surface area contributed by atoms with Crippen molar-refractivity contribution >= 4 is 10.9 Å². The Morgan fingerprint density at radius 1 is 1.23 bits per heavy atom. The molecule has 0 saturated carbocycles. The van der Waals surface area contributed by atoms with Crippen LogP contribution in [0.3, 0.4) is 0 Å². The molecule has 0 atom stereocenters. The van der Waals surface area contributed by atoms with Crippen molar-refractivity contribution in [2.45, 2.75) is 6.92 Å². The van der Waals surface area contributed by atoms with E-state index in [0.717, 1.165) is 16.7 Å². The molecular weight excluding hydrogens is 166 g/mol. The zero-order valence-electron chi connectivity index (χ0n) is 7.48. The van der Waals surface area contributed by atoms with E-state index in [2.05, 4.69) is 15.0 Å². The van der Waals surface area contributed by atoms with Gasteiger partial charge in [-0.3, -0.25) is 0 Å². The molecule has 0 fully saturated rings. The van der Waals surface area contributed by atoms with Crippen LogP contribution >= 0.6 is 0 Å². The minimum absolute atomic E-state index is 0.583. The number of rotatable bonds is 1. The van der Waals surface area contributed by atoms with E-state index in [0.29, 0.717) is 5.88 Å². The summed E-state index contributed by atoms with van der Waals surface area (Å²) in [7, 11) is 1.59. The van der Waals surface area contributed by atoms with Gasteiger partial charge in [0.1, 0.15) is 5.82 Å². The first-order chi connectivity index (χ1) is 6.29. The molecule has 0 aliphatic carbocycles. The fourth-order valence-corrected chi connectivity index (χ4v) is 1.12. The van der Waals surface area contributed by atoms with E-state index >= 15 is 0 Å². The molecule has 0 aliphatic heterocycles. The molecule has 13 heavy (non-hydrogen) atoms. The maximum absolute atomic E-state index is 4.99. The van der Waals surface area contributed by atoms with Crippen LogP contribution in [0, 0.1) is 6.92 Å². The number of nitrogens with zero attached hydrogens (tertiary/aromatic N) is 3. The van der Waals surface area contributed by atoms with Gasteiger partial charge in [-0.25, -0.2) is 15.0 Å². The van der Waals surface area contributed by atoms with E-state index in [1.807, 2.05) is 13.0 Å². The molecule has 0 saturated heterocycles. The molecule has 2 heterocycles. The average Bonchev–Trinajstić information content (AvgIpc) is 2.17. The molecule has 66 valence electrons. The lowest BCUT2D eigenvalue weighted by Crippen LogP contribution is -1.91. The van der Waals surface area contributed by atoms with Crippen molar-refractivity contribution in [3.63, 3.8) is 0 Å². The van der Waals surface area contributed by atoms with Crippen molar-refractivity contribution in [1.29, 1.82) is 0 Å². The summed E-state index contributed by atoms with van der Waals surface area (Å²) in [4.78, 5) is 12.4. The molecule has 0 N–H and O–H groups in total. The van der Waals surface area contributed by atoms with Crippen LogP contribution in [0.5, 0.6) is 5.88 Å². The van der Waals surface area contributed by atoms with Gasteiger partial charge in [-0.15, -0.1) is 0 Å². The number of pyridine rings is 1. The Labute approximate surface area is 75.6 Å². The smallest absolute Gasteiger partial charge is 0.213 e. The zero-order valence-corrected chi connectivity index (χ0v) is 7.48. The van der Waals surface area contributed by atoms with Gasteiger partial charge < -0.3 is 4.74 Å². The second-order valence-electron chi connectivity index (χ2n) is 2.70. The van der Waals surface area contributed by atoms with Crippen LogP contribution in [0.4, 0.5) is 0 Å². The average molecular weight is 175 g/mol. The summed E-state index contributed by atoms with van der Waals surface area (Å²) in [6, 6.07) is 1.81. The van der Waals surface area contributed by atoms with E-state index in [9.17, 15) is 0 Å². The Morgan fingerprint density at radius 3 is 2.85 bits per heavy atom. The molecule has 2 aromatic heterocycles. The number of hydrogen-bond donors (Lipinski definition) is 0. The highest BCUT2D eigenvalue weighted by Gasteiger charge is 1.98. The lowest BCUT2D eigenvalue weighted by molar-refractivity contribution is 0.398. The largest absolute Gasteiger partial charge is 0.481 e. The predicted molar refractivity (Wildman–Crippen MR) is 48.6 cm³/mol. The summed E-state index contributed by atoms with van der Waals surface area (Å²) < 4.78 is 4.99. The number of aromatic nitrogens is 3. The molecule has 2 aromatic rings. The first-order valence-electron chi connectivity index (χ1n) is 3.93. The van der Waals surface area contributed by atoms with Gasteiger partial charge in [0.25, 0.3) is 0 Å². The van der Waals surface area contributed by atoms with Crippen molar-refractivity contribution in [2.24, 2.45) is 0 Å². The topological polar surface area (TPSA) is 47.9 Å². The van der Waals surface area contributed by atoms with Gasteiger partial charge in [0.05, 0.1) is 18.8 Å². The molecule has 0 spiro atoms. The Kier molecular flexibility index (Phi) is 1.81. The van der Waals surface area contributed by atoms with Gasteiger partial charge in [-0.2, -0.15) is 0 Å². The summed E-state index contributed by atoms with van der Waals surface area (Å²) in [5.74, 6) is 1.33. The highest BCUT2D eigenvalue weighted by atomic mass is 16.5. The van der Waals surface area contributed by atoms with Gasteiger partial charge in [0.2, 0.25) is 5.88 Å². The Hall–Kier alpha value is -1.71. The van der Waals surface area contributed by atoms with Crippen molar-refractivity contribution in [3.8, 4) is 5.88 Å². The van der Waals surface area contributed by atoms with Crippen LogP contribution < -0.4 is 4.74 Å². The maximum Gasteiger partial charge on any atom is 0.213 e. The number of aryl methyl sites for hydroxylation is 1. The molecule has 0 aliphatic rings. The fourth-order valence-electron chi connectivity index (χ4n) is 1.12. The molecule has 4 nitrogen and oxygen atoms in total. The molecular formula is C9H9N3O. The molecule has 0 aromatic carbocycles. The molecule has 0 radical (unpaired) electrons. The van der Waals surface area contributed by atoms with Crippen LogP contribution in [0.1, 0.15) is 5.82 Å². The quantitative estimate of drug-likeness (QED) is 0.656. The van der Waals surface area contributed by atoms with Crippen LogP contribution in [-0.4, -0.2) is 22.1 Å². The number of ether oxygens (including phenoxy) is 1. The summed E-state index contributed by atoms with van der Waals surface area (Å²) in [6.07, 6.45) is 3.45. The summed E-state index contributed by atoms with van der Waals surface area (Å²) in [6.45, 7) is 1.85. The standard InChI is InChI=1S/C9H9N3O/c1-6-10-4-7-3-9(13-2)11-5-8(7)12-6/h3-5H,1-2H3. The van der Waals surface area contributed by atoms with Gasteiger partial charge in [0.15, 0.2) is 0 Å². The Balaban J connectivity index is 2.66. The monoisotopic (exact) mass is 175 g/mol. The summed E-state index contributed by atoms with van der Waals surface area (Å²) in [5.41, 5.74) is 0.841. The maximum atomic E-state index is 4.99. The SMILES string of the molecule is COc1cc2cnc(C)nc2cn1. The minimum Gasteiger partial charge on any atom is -0.481 e. The first-order valence-corrected chi connectivity index (χ1v) is 3.93. The van der Waals surface area contributed by atoms with Crippen molar-refractivity contribution in [3.05, 3.63) is 24.3 Å². The van der Waals surface area contributed by atoms with Gasteiger partial charge in [-0.1, -0.05) is 0 Å². The highest BCUT2D eigenvalue weighted by Crippen LogP contribution is 2.14. The van der Waals surface area contributed by atoms with E-state index in [4.69, 9.17) is 4.74 Å². The summed E-state index contributed by atoms with van der Waals surface area (Å²) >= 11 is 0. The van der Waals surface area contributed by atoms with E-state index in [-0.39, 0.29) is 0 Å². The molecule has 4 heteroatoms. The third-order valence-corrected chi connectivity index (χ3v) is 1.77. The second-order valence-corrected chi connectivity index (χ2v) is 2.70. The minimum atomic E-state index is 0.583. The van der Waals surface area contributed by atoms with E-state index in [1.165, 1.54) is 0 Å². The third-order valence-electron chi connectivity index (χ3n) is 1.77. The lowest BCUT2D eigenvalue weighted by Gasteiger charge is -2.00. The second kappa shape index (κ2) is 2.97. The van der Waals surface area contributed by atoms with E-state index < -0.39 is 0 Å². The fraction of sp³-hybridized carbons (Fsp3) is 0.222. The first kappa shape index (κ1) is 7.91. The highest BCUT2D eigenvalue weighted by molar-refractivity contribution is 5.77. The van der Waals surface area contributed by atoms with Gasteiger partial charge in [0, 0.05) is 17.6 Å². The lowest BCUT2D eigenvalue weighted by atomic mass is 10.3. The molecule has 0 unspecified atom stereocenters. The van der Waals surface area contributed by atoms with Crippen molar-refractivity contribution < 1.29 is 4.74 Å². The third kappa shape index (κ3) is 1.42. The number of fused-ring (bicyclic) bond motifs is 1. The predicted octanol–water partition coefficient (Wildman–Crippen LogP) is 1.34. The van der Waals surface area contributed by atoms with E-state index in [1.54, 1.807) is 19.5 Å². The zero-order chi connectivity index (χ0) is 9.26. The normalized spacial score (nSPS) is 10.3. The molecule has 2 rings (SSSR count). The Morgan fingerprint density at radius 2 is 2.08 bits per heavy atom. The number of methoxy groups -OCH3 is 1. The van der Waals surface area contributed by atoms with Crippen molar-refractivity contribution in [1.82, 2.24) is 15.0 Å². The van der Waals surface area contributed by atoms with Crippen LogP contribution in [0.25, 0.3) is 10.9 Å². The van der Waals surface area contributed by atoms with Crippen LogP contribution in [-0.2, 0) is 0 Å². The summed E-state index contributed by atoms with van der Waals surface area (Å²) in [5, 5.41) is 0.942. The molecule has 0 amide bonds. The Bertz CT molecular complexity index is 442. The molecule has 0 bridgehead atoms.